The number of carbonyl (C=O) groups excluding carboxylic acids is 3. The lowest BCUT2D eigenvalue weighted by molar-refractivity contribution is -0.239. The van der Waals surface area contributed by atoms with E-state index < -0.39 is 87.9 Å². The van der Waals surface area contributed by atoms with E-state index in [9.17, 15) is 29.7 Å². The van der Waals surface area contributed by atoms with E-state index in [1.165, 1.54) is 6.92 Å². The van der Waals surface area contributed by atoms with Crippen molar-refractivity contribution in [1.29, 1.82) is 0 Å². The Morgan fingerprint density at radius 2 is 1.70 bits per heavy atom. The van der Waals surface area contributed by atoms with Gasteiger partial charge in [-0.05, 0) is 12.3 Å². The Balaban J connectivity index is 1.71. The first-order valence-electron chi connectivity index (χ1n) is 10.2. The molecule has 3 N–H and O–H groups in total. The molecule has 10 heteroatoms. The van der Waals surface area contributed by atoms with Crippen molar-refractivity contribution in [2.45, 2.75) is 76.0 Å². The largest absolute Gasteiger partial charge is 0.459 e. The van der Waals surface area contributed by atoms with Crippen LogP contribution in [0.3, 0.4) is 0 Å². The maximum Gasteiger partial charge on any atom is 0.342 e. The molecule has 6 aliphatic rings. The normalized spacial score (nSPS) is 60.1. The van der Waals surface area contributed by atoms with Crippen molar-refractivity contribution in [3.05, 3.63) is 0 Å². The van der Waals surface area contributed by atoms with Crippen molar-refractivity contribution in [3.63, 3.8) is 0 Å². The Kier molecular flexibility index (Phi) is 2.97. The Morgan fingerprint density at radius 1 is 1.03 bits per heavy atom. The molecule has 6 rings (SSSR count). The molecule has 4 saturated heterocycles. The minimum absolute atomic E-state index is 0.107. The number of aliphatic hydroxyl groups is 3. The molecule has 4 aliphatic heterocycles. The molecule has 4 heterocycles. The van der Waals surface area contributed by atoms with Crippen LogP contribution in [0.25, 0.3) is 0 Å². The summed E-state index contributed by atoms with van der Waals surface area (Å²) in [5.41, 5.74) is -7.95. The third kappa shape index (κ3) is 1.35. The maximum atomic E-state index is 13.4. The van der Waals surface area contributed by atoms with Crippen LogP contribution in [-0.4, -0.2) is 75.1 Å². The lowest BCUT2D eigenvalue weighted by Gasteiger charge is -2.46. The molecule has 0 bridgehead atoms. The first-order valence-corrected chi connectivity index (χ1v) is 10.2. The van der Waals surface area contributed by atoms with E-state index in [2.05, 4.69) is 0 Å². The molecule has 164 valence electrons. The first kappa shape index (κ1) is 19.0. The van der Waals surface area contributed by atoms with Gasteiger partial charge in [0.2, 0.25) is 11.9 Å². The zero-order chi connectivity index (χ0) is 21.8. The molecule has 2 spiro atoms. The van der Waals surface area contributed by atoms with Crippen LogP contribution in [0, 0.1) is 28.1 Å². The van der Waals surface area contributed by atoms with Gasteiger partial charge in [-0.2, -0.15) is 0 Å². The summed E-state index contributed by atoms with van der Waals surface area (Å²) in [5.74, 6) is -4.43. The maximum absolute atomic E-state index is 13.4. The number of ether oxygens (including phenoxy) is 4. The fourth-order valence-corrected chi connectivity index (χ4v) is 8.22. The van der Waals surface area contributed by atoms with E-state index in [0.29, 0.717) is 0 Å². The average molecular weight is 424 g/mol. The highest BCUT2D eigenvalue weighted by Crippen LogP contribution is 2.84. The summed E-state index contributed by atoms with van der Waals surface area (Å²) in [6.45, 7) is 6.97. The fraction of sp³-hybridized carbons (Fsp3) is 0.850. The monoisotopic (exact) mass is 424 g/mol. The topological polar surface area (TPSA) is 149 Å². The molecule has 4 unspecified atom stereocenters. The molecule has 0 radical (unpaired) electrons. The van der Waals surface area contributed by atoms with E-state index in [1.807, 2.05) is 20.8 Å². The smallest absolute Gasteiger partial charge is 0.342 e. The standard InChI is InChI=1S/C20H24O10/c1-6-12(23)27-7-5-17-11-8(21)9(16(2,3)4)18(17)10(22)13(24)29-15(18)30-20(17,14(25)28-11)19(6,7)26/h6-11,15,21-22,26H,5H2,1-4H3/t6-,7?,8-,9+,10+,11?,15-,17?,18?,19-,20+/m1/s1. The van der Waals surface area contributed by atoms with Crippen LogP contribution < -0.4 is 0 Å². The number of fused-ring (bicyclic) bond motifs is 1. The van der Waals surface area contributed by atoms with Crippen LogP contribution >= 0.6 is 0 Å². The van der Waals surface area contributed by atoms with Gasteiger partial charge in [0.25, 0.3) is 0 Å². The second-order valence-electron chi connectivity index (χ2n) is 10.7. The Morgan fingerprint density at radius 3 is 2.33 bits per heavy atom. The van der Waals surface area contributed by atoms with Crippen molar-refractivity contribution >= 4 is 17.9 Å². The highest BCUT2D eigenvalue weighted by atomic mass is 16.8. The summed E-state index contributed by atoms with van der Waals surface area (Å²) in [5, 5.41) is 34.4. The average Bonchev–Trinajstić information content (AvgIpc) is 3.32. The molecule has 2 saturated carbocycles. The van der Waals surface area contributed by atoms with Gasteiger partial charge in [0.15, 0.2) is 11.7 Å². The highest BCUT2D eigenvalue weighted by molar-refractivity contribution is 5.93. The molecule has 0 aromatic heterocycles. The Bertz CT molecular complexity index is 925. The lowest BCUT2D eigenvalue weighted by Crippen LogP contribution is -2.66. The fourth-order valence-electron chi connectivity index (χ4n) is 8.22. The number of hydrogen-bond donors (Lipinski definition) is 3. The summed E-state index contributed by atoms with van der Waals surface area (Å²) >= 11 is 0. The van der Waals surface area contributed by atoms with Gasteiger partial charge in [0.1, 0.15) is 12.2 Å². The lowest BCUT2D eigenvalue weighted by atomic mass is 9.51. The van der Waals surface area contributed by atoms with E-state index in [4.69, 9.17) is 18.9 Å². The number of hydrogen-bond acceptors (Lipinski definition) is 10. The van der Waals surface area contributed by atoms with Gasteiger partial charge < -0.3 is 34.3 Å². The zero-order valence-electron chi connectivity index (χ0n) is 16.9. The zero-order valence-corrected chi connectivity index (χ0v) is 16.9. The molecule has 0 amide bonds. The quantitative estimate of drug-likeness (QED) is 0.314. The van der Waals surface area contributed by atoms with Crippen molar-refractivity contribution in [2.24, 2.45) is 28.1 Å². The predicted octanol–water partition coefficient (Wildman–Crippen LogP) is -1.37. The number of esters is 3. The van der Waals surface area contributed by atoms with Crippen LogP contribution in [0.4, 0.5) is 0 Å². The molecular formula is C20H24O10. The summed E-state index contributed by atoms with van der Waals surface area (Å²) < 4.78 is 22.6. The van der Waals surface area contributed by atoms with Gasteiger partial charge in [-0.3, -0.25) is 4.79 Å². The van der Waals surface area contributed by atoms with Gasteiger partial charge >= 0.3 is 17.9 Å². The number of aliphatic hydroxyl groups excluding tert-OH is 2. The Labute approximate surface area is 171 Å². The third-order valence-electron chi connectivity index (χ3n) is 8.91. The second kappa shape index (κ2) is 4.69. The van der Waals surface area contributed by atoms with Crippen LogP contribution in [0.2, 0.25) is 0 Å². The van der Waals surface area contributed by atoms with Gasteiger partial charge in [0, 0.05) is 12.3 Å². The van der Waals surface area contributed by atoms with E-state index in [1.54, 1.807) is 0 Å². The molecule has 0 aromatic carbocycles. The summed E-state index contributed by atoms with van der Waals surface area (Å²) in [6.07, 6.45) is -6.73. The molecule has 6 fully saturated rings. The van der Waals surface area contributed by atoms with Crippen LogP contribution in [-0.2, 0) is 33.3 Å². The van der Waals surface area contributed by atoms with E-state index in [0.717, 1.165) is 0 Å². The van der Waals surface area contributed by atoms with Crippen molar-refractivity contribution in [3.8, 4) is 0 Å². The number of carbonyl (C=O) groups is 3. The molecule has 10 nitrogen and oxygen atoms in total. The molecular weight excluding hydrogens is 400 g/mol. The van der Waals surface area contributed by atoms with Gasteiger partial charge in [-0.15, -0.1) is 0 Å². The molecule has 0 aromatic rings. The first-order chi connectivity index (χ1) is 13.8. The van der Waals surface area contributed by atoms with Gasteiger partial charge in [-0.1, -0.05) is 20.8 Å². The van der Waals surface area contributed by atoms with Crippen molar-refractivity contribution in [2.75, 3.05) is 0 Å². The Hall–Kier alpha value is -1.75. The SMILES string of the molecule is C[C@@H]1C(=O)OC2CC34C5OC(=O)[C@@]3(O[C@H]3OC(=O)[C@H](O)C34[C@H](C(C)(C)C)[C@H]5O)[C@]21O. The van der Waals surface area contributed by atoms with Crippen LogP contribution in [0.5, 0.6) is 0 Å². The van der Waals surface area contributed by atoms with E-state index in [-0.39, 0.29) is 6.42 Å². The van der Waals surface area contributed by atoms with Gasteiger partial charge in [0.05, 0.1) is 22.9 Å². The summed E-state index contributed by atoms with van der Waals surface area (Å²) in [7, 11) is 0. The molecule has 2 aliphatic carbocycles. The highest BCUT2D eigenvalue weighted by Gasteiger charge is 3.02. The third-order valence-corrected chi connectivity index (χ3v) is 8.91. The summed E-state index contributed by atoms with van der Waals surface area (Å²) in [6, 6.07) is 0. The predicted molar refractivity (Wildman–Crippen MR) is 92.0 cm³/mol. The van der Waals surface area contributed by atoms with Gasteiger partial charge in [-0.25, -0.2) is 9.59 Å². The molecule has 11 atom stereocenters. The number of rotatable bonds is 0. The van der Waals surface area contributed by atoms with Crippen molar-refractivity contribution in [1.82, 2.24) is 0 Å². The minimum Gasteiger partial charge on any atom is -0.459 e. The van der Waals surface area contributed by atoms with E-state index >= 15 is 0 Å². The van der Waals surface area contributed by atoms with Crippen LogP contribution in [0.15, 0.2) is 0 Å². The van der Waals surface area contributed by atoms with Crippen molar-refractivity contribution < 1.29 is 48.7 Å². The minimum atomic E-state index is -2.12. The summed E-state index contributed by atoms with van der Waals surface area (Å²) in [4.78, 5) is 38.2. The molecule has 30 heavy (non-hydrogen) atoms. The van der Waals surface area contributed by atoms with Crippen LogP contribution in [0.1, 0.15) is 34.1 Å². The second-order valence-corrected chi connectivity index (χ2v) is 10.7.